The number of aliphatic hydroxyl groups is 2. The minimum atomic E-state index is -0.665. The summed E-state index contributed by atoms with van der Waals surface area (Å²) in [5, 5.41) is 26.5. The molecule has 2 atom stereocenters. The van der Waals surface area contributed by atoms with Crippen molar-refractivity contribution in [3.63, 3.8) is 0 Å². The summed E-state index contributed by atoms with van der Waals surface area (Å²) >= 11 is 8.97. The number of nitrogens with zero attached hydrogens (tertiary/aromatic N) is 1. The summed E-state index contributed by atoms with van der Waals surface area (Å²) in [6.45, 7) is 0.796. The Morgan fingerprint density at radius 1 is 1.52 bits per heavy atom. The van der Waals surface area contributed by atoms with E-state index in [1.54, 1.807) is 24.9 Å². The zero-order valence-electron chi connectivity index (χ0n) is 11.8. The van der Waals surface area contributed by atoms with Crippen LogP contribution in [0.5, 0.6) is 0 Å². The molecule has 1 aromatic heterocycles. The van der Waals surface area contributed by atoms with Crippen LogP contribution in [-0.4, -0.2) is 53.4 Å². The summed E-state index contributed by atoms with van der Waals surface area (Å²) in [6.07, 6.45) is 0.156. The van der Waals surface area contributed by atoms with E-state index in [-0.39, 0.29) is 0 Å². The van der Waals surface area contributed by atoms with Crippen LogP contribution in [0.2, 0.25) is 4.34 Å². The van der Waals surface area contributed by atoms with Crippen LogP contribution in [0.1, 0.15) is 17.4 Å². The molecule has 1 aliphatic rings. The number of guanidine groups is 1. The topological polar surface area (TPSA) is 76.9 Å². The molecule has 2 unspecified atom stereocenters. The molecule has 4 N–H and O–H groups in total. The third kappa shape index (κ3) is 5.03. The lowest BCUT2D eigenvalue weighted by molar-refractivity contribution is 0.0723. The highest BCUT2D eigenvalue weighted by atomic mass is 35.5. The van der Waals surface area contributed by atoms with Gasteiger partial charge in [-0.1, -0.05) is 11.6 Å². The number of nitrogens with one attached hydrogen (secondary N) is 2. The summed E-state index contributed by atoms with van der Waals surface area (Å²) < 4.78 is 0.660. The molecule has 21 heavy (non-hydrogen) atoms. The second-order valence-electron chi connectivity index (χ2n) is 4.99. The van der Waals surface area contributed by atoms with Crippen molar-refractivity contribution in [3.8, 4) is 0 Å². The van der Waals surface area contributed by atoms with Gasteiger partial charge in [-0.2, -0.15) is 11.8 Å². The van der Waals surface area contributed by atoms with Gasteiger partial charge in [0.25, 0.3) is 0 Å². The monoisotopic (exact) mass is 349 g/mol. The van der Waals surface area contributed by atoms with Gasteiger partial charge in [-0.05, 0) is 24.3 Å². The average molecular weight is 350 g/mol. The maximum Gasteiger partial charge on any atom is 0.191 e. The predicted octanol–water partition coefficient (Wildman–Crippen LogP) is 1.47. The lowest BCUT2D eigenvalue weighted by Gasteiger charge is -2.23. The van der Waals surface area contributed by atoms with Crippen LogP contribution in [0.4, 0.5) is 0 Å². The van der Waals surface area contributed by atoms with E-state index in [0.717, 1.165) is 22.8 Å². The van der Waals surface area contributed by atoms with Crippen LogP contribution in [0, 0.1) is 0 Å². The third-order valence-electron chi connectivity index (χ3n) is 3.28. The summed E-state index contributed by atoms with van der Waals surface area (Å²) in [4.78, 5) is 4.91. The van der Waals surface area contributed by atoms with Crippen molar-refractivity contribution in [1.29, 1.82) is 0 Å². The van der Waals surface area contributed by atoms with Gasteiger partial charge in [-0.3, -0.25) is 4.99 Å². The average Bonchev–Trinajstić information content (AvgIpc) is 3.08. The minimum absolute atomic E-state index is 0.337. The molecule has 8 heteroatoms. The zero-order chi connectivity index (χ0) is 15.3. The molecule has 0 saturated carbocycles. The Hall–Kier alpha value is -0.470. The molecule has 0 aliphatic carbocycles. The van der Waals surface area contributed by atoms with E-state index >= 15 is 0 Å². The van der Waals surface area contributed by atoms with Gasteiger partial charge in [0.2, 0.25) is 0 Å². The van der Waals surface area contributed by atoms with E-state index in [1.165, 1.54) is 11.3 Å². The number of hydrogen-bond donors (Lipinski definition) is 4. The number of aliphatic imine (C=N–C) groups is 1. The van der Waals surface area contributed by atoms with Gasteiger partial charge >= 0.3 is 0 Å². The largest absolute Gasteiger partial charge is 0.387 e. The molecule has 0 radical (unpaired) electrons. The lowest BCUT2D eigenvalue weighted by atomic mass is 10.0. The van der Waals surface area contributed by atoms with Crippen molar-refractivity contribution in [2.24, 2.45) is 4.99 Å². The van der Waals surface area contributed by atoms with Crippen molar-refractivity contribution in [2.75, 3.05) is 31.6 Å². The second kappa shape index (κ2) is 7.69. The Labute approximate surface area is 137 Å². The van der Waals surface area contributed by atoms with Gasteiger partial charge in [0, 0.05) is 30.8 Å². The number of hydrogen-bond acceptors (Lipinski definition) is 5. The van der Waals surface area contributed by atoms with Crippen molar-refractivity contribution < 1.29 is 10.2 Å². The van der Waals surface area contributed by atoms with E-state index in [2.05, 4.69) is 15.6 Å². The van der Waals surface area contributed by atoms with Gasteiger partial charge in [0.05, 0.1) is 9.94 Å². The van der Waals surface area contributed by atoms with Crippen LogP contribution in [-0.2, 0) is 0 Å². The molecule has 0 aromatic carbocycles. The fourth-order valence-electron chi connectivity index (χ4n) is 2.01. The molecule has 0 amide bonds. The highest BCUT2D eigenvalue weighted by Crippen LogP contribution is 2.27. The molecule has 0 bridgehead atoms. The summed E-state index contributed by atoms with van der Waals surface area (Å²) in [7, 11) is 1.66. The second-order valence-corrected chi connectivity index (χ2v) is 7.84. The number of rotatable bonds is 5. The first-order valence-corrected chi connectivity index (χ1v) is 9.05. The Morgan fingerprint density at radius 3 is 2.90 bits per heavy atom. The molecule has 1 saturated heterocycles. The molecule has 1 fully saturated rings. The van der Waals surface area contributed by atoms with Gasteiger partial charge in [-0.25, -0.2) is 0 Å². The lowest BCUT2D eigenvalue weighted by Crippen LogP contribution is -2.48. The summed E-state index contributed by atoms with van der Waals surface area (Å²) in [6, 6.07) is 3.58. The van der Waals surface area contributed by atoms with E-state index in [0.29, 0.717) is 23.4 Å². The van der Waals surface area contributed by atoms with E-state index in [9.17, 15) is 10.2 Å². The third-order valence-corrected chi connectivity index (χ3v) is 5.84. The fraction of sp³-hybridized carbons (Fsp3) is 0.615. The van der Waals surface area contributed by atoms with Crippen LogP contribution < -0.4 is 10.6 Å². The normalized spacial score (nSPS) is 24.1. The number of aliphatic hydroxyl groups excluding tert-OH is 1. The first kappa shape index (κ1) is 16.9. The standard InChI is InChI=1S/C13H20ClN3O2S2/c1-15-12(17-7-13(19)4-5-20-8-13)16-6-9(18)10-2-3-11(14)21-10/h2-3,9,18-19H,4-8H2,1H3,(H2,15,16,17). The van der Waals surface area contributed by atoms with E-state index in [4.69, 9.17) is 11.6 Å². The first-order chi connectivity index (χ1) is 10.0. The van der Waals surface area contributed by atoms with Crippen LogP contribution >= 0.6 is 34.7 Å². The number of thiophene rings is 1. The van der Waals surface area contributed by atoms with Gasteiger partial charge in [0.1, 0.15) is 6.10 Å². The van der Waals surface area contributed by atoms with Gasteiger partial charge in [-0.15, -0.1) is 11.3 Å². The molecule has 0 spiro atoms. The smallest absolute Gasteiger partial charge is 0.191 e. The van der Waals surface area contributed by atoms with Crippen LogP contribution in [0.15, 0.2) is 17.1 Å². The summed E-state index contributed by atoms with van der Waals surface area (Å²) in [5.41, 5.74) is -0.665. The molecule has 1 aromatic rings. The molecule has 5 nitrogen and oxygen atoms in total. The van der Waals surface area contributed by atoms with E-state index in [1.807, 2.05) is 6.07 Å². The maximum atomic E-state index is 10.3. The van der Waals surface area contributed by atoms with Crippen molar-refractivity contribution in [1.82, 2.24) is 10.6 Å². The van der Waals surface area contributed by atoms with Crippen LogP contribution in [0.3, 0.4) is 0 Å². The molecule has 2 rings (SSSR count). The van der Waals surface area contributed by atoms with Gasteiger partial charge < -0.3 is 20.8 Å². The van der Waals surface area contributed by atoms with Crippen molar-refractivity contribution in [3.05, 3.63) is 21.3 Å². The summed E-state index contributed by atoms with van der Waals surface area (Å²) in [5.74, 6) is 2.30. The Bertz CT molecular complexity index is 490. The Balaban J connectivity index is 1.77. The van der Waals surface area contributed by atoms with Crippen LogP contribution in [0.25, 0.3) is 0 Å². The Morgan fingerprint density at radius 2 is 2.33 bits per heavy atom. The fourth-order valence-corrected chi connectivity index (χ4v) is 4.35. The Kier molecular flexibility index (Phi) is 6.19. The molecule has 1 aliphatic heterocycles. The SMILES string of the molecule is CN=C(NCC(O)c1ccc(Cl)s1)NCC1(O)CCSC1. The molecule has 2 heterocycles. The molecule has 118 valence electrons. The van der Waals surface area contributed by atoms with Gasteiger partial charge in [0.15, 0.2) is 5.96 Å². The first-order valence-electron chi connectivity index (χ1n) is 6.70. The number of halogens is 1. The molecular weight excluding hydrogens is 330 g/mol. The molecular formula is C13H20ClN3O2S2. The quantitative estimate of drug-likeness (QED) is 0.478. The highest BCUT2D eigenvalue weighted by Gasteiger charge is 2.31. The van der Waals surface area contributed by atoms with Crippen molar-refractivity contribution >= 4 is 40.7 Å². The predicted molar refractivity (Wildman–Crippen MR) is 90.5 cm³/mol. The minimum Gasteiger partial charge on any atom is -0.387 e. The highest BCUT2D eigenvalue weighted by molar-refractivity contribution is 7.99. The number of thioether (sulfide) groups is 1. The maximum absolute atomic E-state index is 10.3. The zero-order valence-corrected chi connectivity index (χ0v) is 14.2. The van der Waals surface area contributed by atoms with Crippen molar-refractivity contribution in [2.45, 2.75) is 18.1 Å². The van der Waals surface area contributed by atoms with E-state index < -0.39 is 11.7 Å².